The summed E-state index contributed by atoms with van der Waals surface area (Å²) in [5.41, 5.74) is 0.510. The Labute approximate surface area is 119 Å². The van der Waals surface area contributed by atoms with Crippen LogP contribution in [0.3, 0.4) is 0 Å². The van der Waals surface area contributed by atoms with Crippen LogP contribution in [-0.2, 0) is 4.79 Å². The first kappa shape index (κ1) is 16.0. The molecule has 0 atom stereocenters. The van der Waals surface area contributed by atoms with E-state index in [2.05, 4.69) is 0 Å². The maximum atomic E-state index is 12.3. The zero-order valence-electron chi connectivity index (χ0n) is 12.1. The van der Waals surface area contributed by atoms with Gasteiger partial charge in [0.2, 0.25) is 0 Å². The van der Waals surface area contributed by atoms with Crippen LogP contribution in [0.1, 0.15) is 37.6 Å². The van der Waals surface area contributed by atoms with Crippen LogP contribution in [0.5, 0.6) is 5.75 Å². The first-order chi connectivity index (χ1) is 9.43. The molecule has 5 heteroatoms. The van der Waals surface area contributed by atoms with Crippen LogP contribution in [-0.4, -0.2) is 41.1 Å². The molecule has 1 N–H and O–H groups in total. The lowest BCUT2D eigenvalue weighted by Gasteiger charge is -2.20. The number of aliphatic carboxylic acids is 1. The monoisotopic (exact) mass is 279 g/mol. The molecule has 1 aromatic rings. The number of rotatable bonds is 7. The summed E-state index contributed by atoms with van der Waals surface area (Å²) in [6.07, 6.45) is -0.0171. The SMILES string of the molecule is CCN(CCC(=O)O)C(=O)c1cccc(OC(C)C)c1. The summed E-state index contributed by atoms with van der Waals surface area (Å²) < 4.78 is 5.55. The molecular formula is C15H21NO4. The third-order valence-electron chi connectivity index (χ3n) is 2.72. The number of ether oxygens (including phenoxy) is 1. The summed E-state index contributed by atoms with van der Waals surface area (Å²) in [6, 6.07) is 6.95. The van der Waals surface area contributed by atoms with Crippen molar-refractivity contribution in [3.63, 3.8) is 0 Å². The number of nitrogens with zero attached hydrogens (tertiary/aromatic N) is 1. The van der Waals surface area contributed by atoms with Gasteiger partial charge in [-0.25, -0.2) is 0 Å². The number of carbonyl (C=O) groups is 2. The zero-order chi connectivity index (χ0) is 15.1. The molecule has 5 nitrogen and oxygen atoms in total. The number of carbonyl (C=O) groups excluding carboxylic acids is 1. The van der Waals surface area contributed by atoms with E-state index in [9.17, 15) is 9.59 Å². The minimum absolute atomic E-state index is 0.0367. The van der Waals surface area contributed by atoms with Crippen LogP contribution in [0.25, 0.3) is 0 Å². The Morgan fingerprint density at radius 1 is 1.35 bits per heavy atom. The van der Waals surface area contributed by atoms with Crippen molar-refractivity contribution >= 4 is 11.9 Å². The second kappa shape index (κ2) is 7.53. The van der Waals surface area contributed by atoms with E-state index in [1.165, 1.54) is 4.90 Å². The number of carboxylic acids is 1. The van der Waals surface area contributed by atoms with Crippen LogP contribution in [0.4, 0.5) is 0 Å². The molecule has 0 aliphatic carbocycles. The van der Waals surface area contributed by atoms with Crippen molar-refractivity contribution in [2.24, 2.45) is 0 Å². The van der Waals surface area contributed by atoms with Gasteiger partial charge >= 0.3 is 5.97 Å². The van der Waals surface area contributed by atoms with Crippen molar-refractivity contribution in [1.29, 1.82) is 0 Å². The largest absolute Gasteiger partial charge is 0.491 e. The second-order valence-electron chi connectivity index (χ2n) is 4.72. The van der Waals surface area contributed by atoms with Gasteiger partial charge in [-0.2, -0.15) is 0 Å². The number of hydrogen-bond acceptors (Lipinski definition) is 3. The van der Waals surface area contributed by atoms with Gasteiger partial charge in [0.25, 0.3) is 5.91 Å². The van der Waals surface area contributed by atoms with Gasteiger partial charge in [0, 0.05) is 18.7 Å². The maximum Gasteiger partial charge on any atom is 0.305 e. The van der Waals surface area contributed by atoms with Gasteiger partial charge in [-0.15, -0.1) is 0 Å². The molecule has 0 radical (unpaired) electrons. The van der Waals surface area contributed by atoms with Gasteiger partial charge in [-0.3, -0.25) is 9.59 Å². The molecule has 0 unspecified atom stereocenters. The van der Waals surface area contributed by atoms with Gasteiger partial charge < -0.3 is 14.7 Å². The zero-order valence-corrected chi connectivity index (χ0v) is 12.1. The predicted octanol–water partition coefficient (Wildman–Crippen LogP) is 2.41. The molecule has 1 aromatic carbocycles. The highest BCUT2D eigenvalue weighted by Gasteiger charge is 2.15. The maximum absolute atomic E-state index is 12.3. The highest BCUT2D eigenvalue weighted by Crippen LogP contribution is 2.16. The summed E-state index contributed by atoms with van der Waals surface area (Å²) in [7, 11) is 0. The first-order valence-electron chi connectivity index (χ1n) is 6.71. The van der Waals surface area contributed by atoms with Crippen LogP contribution in [0.2, 0.25) is 0 Å². The van der Waals surface area contributed by atoms with E-state index in [0.29, 0.717) is 17.9 Å². The molecule has 0 spiro atoms. The molecule has 110 valence electrons. The van der Waals surface area contributed by atoms with Crippen LogP contribution in [0, 0.1) is 0 Å². The normalized spacial score (nSPS) is 10.4. The minimum atomic E-state index is -0.909. The third-order valence-corrected chi connectivity index (χ3v) is 2.72. The van der Waals surface area contributed by atoms with E-state index in [-0.39, 0.29) is 25.0 Å². The molecule has 0 fully saturated rings. The lowest BCUT2D eigenvalue weighted by molar-refractivity contribution is -0.137. The smallest absolute Gasteiger partial charge is 0.305 e. The third kappa shape index (κ3) is 4.91. The summed E-state index contributed by atoms with van der Waals surface area (Å²) >= 11 is 0. The molecule has 1 rings (SSSR count). The standard InChI is InChI=1S/C15H21NO4/c1-4-16(9-8-14(17)18)15(19)12-6-5-7-13(10-12)20-11(2)3/h5-7,10-11H,4,8-9H2,1-3H3,(H,17,18). The minimum Gasteiger partial charge on any atom is -0.491 e. The number of amides is 1. The van der Waals surface area contributed by atoms with E-state index in [1.807, 2.05) is 20.8 Å². The van der Waals surface area contributed by atoms with Crippen molar-refractivity contribution in [2.75, 3.05) is 13.1 Å². The van der Waals surface area contributed by atoms with E-state index in [0.717, 1.165) is 0 Å². The molecule has 0 saturated heterocycles. The Kier molecular flexibility index (Phi) is 6.03. The van der Waals surface area contributed by atoms with Gasteiger partial charge in [0.15, 0.2) is 0 Å². The number of carboxylic acid groups (broad SMARTS) is 1. The predicted molar refractivity (Wildman–Crippen MR) is 76.0 cm³/mol. The van der Waals surface area contributed by atoms with Crippen molar-refractivity contribution in [3.05, 3.63) is 29.8 Å². The van der Waals surface area contributed by atoms with Crippen molar-refractivity contribution < 1.29 is 19.4 Å². The first-order valence-corrected chi connectivity index (χ1v) is 6.71. The number of hydrogen-bond donors (Lipinski definition) is 1. The van der Waals surface area contributed by atoms with Gasteiger partial charge in [0.05, 0.1) is 12.5 Å². The highest BCUT2D eigenvalue weighted by atomic mass is 16.5. The Morgan fingerprint density at radius 2 is 2.05 bits per heavy atom. The lowest BCUT2D eigenvalue weighted by atomic mass is 10.2. The second-order valence-corrected chi connectivity index (χ2v) is 4.72. The molecule has 0 saturated carbocycles. The summed E-state index contributed by atoms with van der Waals surface area (Å²) in [5, 5.41) is 8.70. The summed E-state index contributed by atoms with van der Waals surface area (Å²) in [4.78, 5) is 24.4. The molecular weight excluding hydrogens is 258 g/mol. The van der Waals surface area contributed by atoms with Crippen LogP contribution < -0.4 is 4.74 Å². The van der Waals surface area contributed by atoms with Crippen molar-refractivity contribution in [2.45, 2.75) is 33.3 Å². The number of benzene rings is 1. The fraction of sp³-hybridized carbons (Fsp3) is 0.467. The molecule has 1 amide bonds. The topological polar surface area (TPSA) is 66.8 Å². The van der Waals surface area contributed by atoms with Crippen molar-refractivity contribution in [1.82, 2.24) is 4.90 Å². The van der Waals surface area contributed by atoms with E-state index >= 15 is 0 Å². The molecule has 0 aromatic heterocycles. The van der Waals surface area contributed by atoms with E-state index in [4.69, 9.17) is 9.84 Å². The van der Waals surface area contributed by atoms with Crippen LogP contribution in [0.15, 0.2) is 24.3 Å². The fourth-order valence-electron chi connectivity index (χ4n) is 1.79. The highest BCUT2D eigenvalue weighted by molar-refractivity contribution is 5.94. The Hall–Kier alpha value is -2.04. The Morgan fingerprint density at radius 3 is 2.60 bits per heavy atom. The molecule has 20 heavy (non-hydrogen) atoms. The lowest BCUT2D eigenvalue weighted by Crippen LogP contribution is -2.32. The van der Waals surface area contributed by atoms with Crippen molar-refractivity contribution in [3.8, 4) is 5.75 Å². The molecule has 0 aliphatic rings. The fourth-order valence-corrected chi connectivity index (χ4v) is 1.79. The average Bonchev–Trinajstić information content (AvgIpc) is 2.38. The van der Waals surface area contributed by atoms with Crippen LogP contribution >= 0.6 is 0 Å². The summed E-state index contributed by atoms with van der Waals surface area (Å²) in [5.74, 6) is -0.448. The van der Waals surface area contributed by atoms with Gasteiger partial charge in [-0.05, 0) is 39.0 Å². The Balaban J connectivity index is 2.81. The quantitative estimate of drug-likeness (QED) is 0.832. The van der Waals surface area contributed by atoms with E-state index < -0.39 is 5.97 Å². The molecule has 0 heterocycles. The van der Waals surface area contributed by atoms with Gasteiger partial charge in [0.1, 0.15) is 5.75 Å². The summed E-state index contributed by atoms with van der Waals surface area (Å²) in [6.45, 7) is 6.34. The average molecular weight is 279 g/mol. The Bertz CT molecular complexity index is 471. The van der Waals surface area contributed by atoms with Gasteiger partial charge in [-0.1, -0.05) is 6.07 Å². The van der Waals surface area contributed by atoms with E-state index in [1.54, 1.807) is 24.3 Å². The molecule has 0 aliphatic heterocycles. The molecule has 0 bridgehead atoms.